The van der Waals surface area contributed by atoms with Gasteiger partial charge in [-0.1, -0.05) is 13.3 Å². The van der Waals surface area contributed by atoms with E-state index in [1.165, 1.54) is 12.8 Å². The van der Waals surface area contributed by atoms with Gasteiger partial charge in [-0.05, 0) is 38.4 Å². The highest BCUT2D eigenvalue weighted by molar-refractivity contribution is 5.71. The summed E-state index contributed by atoms with van der Waals surface area (Å²) in [5, 5.41) is 3.44. The van der Waals surface area contributed by atoms with Gasteiger partial charge >= 0.3 is 0 Å². The highest BCUT2D eigenvalue weighted by atomic mass is 16.5. The third-order valence-corrected chi connectivity index (χ3v) is 4.32. The third-order valence-electron chi connectivity index (χ3n) is 4.32. The molecule has 1 aliphatic rings. The fourth-order valence-electron chi connectivity index (χ4n) is 3.23. The van der Waals surface area contributed by atoms with E-state index in [1.807, 2.05) is 12.1 Å². The Bertz CT molecular complexity index is 581. The lowest BCUT2D eigenvalue weighted by atomic mass is 9.75. The quantitative estimate of drug-likeness (QED) is 0.898. The Morgan fingerprint density at radius 1 is 1.25 bits per heavy atom. The smallest absolute Gasteiger partial charge is 0.215 e. The topological polar surface area (TPSA) is 62.8 Å². The van der Waals surface area contributed by atoms with Gasteiger partial charge in [-0.25, -0.2) is 4.98 Å². The van der Waals surface area contributed by atoms with Crippen LogP contribution in [0.25, 0.3) is 11.2 Å². The Morgan fingerprint density at radius 3 is 2.75 bits per heavy atom. The van der Waals surface area contributed by atoms with Crippen LogP contribution in [-0.2, 0) is 5.41 Å². The maximum Gasteiger partial charge on any atom is 0.215 e. The second kappa shape index (κ2) is 5.40. The number of hydrogen-bond donors (Lipinski definition) is 2. The molecule has 0 radical (unpaired) electrons. The highest BCUT2D eigenvalue weighted by Gasteiger charge is 2.36. The Balaban J connectivity index is 2.02. The maximum atomic E-state index is 5.17. The molecule has 108 valence electrons. The van der Waals surface area contributed by atoms with Crippen LogP contribution in [-0.4, -0.2) is 35.2 Å². The predicted octanol–water partition coefficient (Wildman–Crippen LogP) is 2.39. The van der Waals surface area contributed by atoms with Crippen molar-refractivity contribution in [3.05, 3.63) is 18.0 Å². The third kappa shape index (κ3) is 2.26. The van der Waals surface area contributed by atoms with Gasteiger partial charge in [0, 0.05) is 11.5 Å². The van der Waals surface area contributed by atoms with Gasteiger partial charge in [-0.3, -0.25) is 0 Å². The molecule has 1 fully saturated rings. The fourth-order valence-corrected chi connectivity index (χ4v) is 3.23. The molecule has 0 aliphatic carbocycles. The van der Waals surface area contributed by atoms with Crippen LogP contribution in [0.2, 0.25) is 0 Å². The summed E-state index contributed by atoms with van der Waals surface area (Å²) >= 11 is 0. The molecule has 2 N–H and O–H groups in total. The Labute approximate surface area is 119 Å². The van der Waals surface area contributed by atoms with E-state index in [4.69, 9.17) is 9.72 Å². The predicted molar refractivity (Wildman–Crippen MR) is 79.1 cm³/mol. The van der Waals surface area contributed by atoms with E-state index in [0.29, 0.717) is 5.88 Å². The van der Waals surface area contributed by atoms with Crippen LogP contribution in [0.15, 0.2) is 12.1 Å². The first kappa shape index (κ1) is 13.4. The lowest BCUT2D eigenvalue weighted by Crippen LogP contribution is -2.40. The van der Waals surface area contributed by atoms with E-state index in [2.05, 4.69) is 22.2 Å². The van der Waals surface area contributed by atoms with Crippen LogP contribution in [0.1, 0.15) is 38.4 Å². The summed E-state index contributed by atoms with van der Waals surface area (Å²) in [7, 11) is 1.63. The first-order valence-electron chi connectivity index (χ1n) is 7.39. The summed E-state index contributed by atoms with van der Waals surface area (Å²) in [6, 6.07) is 3.87. The van der Waals surface area contributed by atoms with Gasteiger partial charge in [0.25, 0.3) is 0 Å². The molecule has 0 unspecified atom stereocenters. The molecule has 2 aromatic rings. The number of aromatic nitrogens is 3. The molecule has 0 saturated carbocycles. The number of imidazole rings is 1. The summed E-state index contributed by atoms with van der Waals surface area (Å²) in [5.74, 6) is 1.71. The number of hydrogen-bond acceptors (Lipinski definition) is 4. The van der Waals surface area contributed by atoms with E-state index in [-0.39, 0.29) is 5.41 Å². The van der Waals surface area contributed by atoms with Crippen LogP contribution in [0, 0.1) is 0 Å². The molecule has 0 bridgehead atoms. The number of fused-ring (bicyclic) bond motifs is 1. The average molecular weight is 274 g/mol. The number of pyridine rings is 1. The van der Waals surface area contributed by atoms with E-state index in [0.717, 1.165) is 42.9 Å². The fraction of sp³-hybridized carbons (Fsp3) is 0.600. The Hall–Kier alpha value is -1.62. The number of nitrogens with one attached hydrogen (secondary N) is 2. The van der Waals surface area contributed by atoms with Crippen molar-refractivity contribution in [1.29, 1.82) is 0 Å². The summed E-state index contributed by atoms with van der Waals surface area (Å²) in [5.41, 5.74) is 1.93. The van der Waals surface area contributed by atoms with E-state index in [9.17, 15) is 0 Å². The Kier molecular flexibility index (Phi) is 3.61. The van der Waals surface area contributed by atoms with Crippen molar-refractivity contribution in [3.8, 4) is 5.88 Å². The molecular formula is C15H22N4O. The summed E-state index contributed by atoms with van der Waals surface area (Å²) < 4.78 is 5.17. The number of rotatable bonds is 4. The van der Waals surface area contributed by atoms with Crippen LogP contribution < -0.4 is 10.1 Å². The van der Waals surface area contributed by atoms with Gasteiger partial charge in [-0.2, -0.15) is 4.98 Å². The zero-order chi connectivity index (χ0) is 14.0. The largest absolute Gasteiger partial charge is 0.481 e. The van der Waals surface area contributed by atoms with Gasteiger partial charge in [-0.15, -0.1) is 0 Å². The molecule has 20 heavy (non-hydrogen) atoms. The summed E-state index contributed by atoms with van der Waals surface area (Å²) in [4.78, 5) is 12.7. The van der Waals surface area contributed by atoms with Crippen molar-refractivity contribution < 1.29 is 4.74 Å². The molecule has 0 atom stereocenters. The standard InChI is InChI=1S/C15H22N4O/c1-3-6-15(7-9-16-10-8-15)14-17-11-4-5-12(20-2)18-13(11)19-14/h4-5,16H,3,6-10H2,1-2H3,(H,17,18,19). The molecule has 2 aromatic heterocycles. The molecule has 1 aliphatic heterocycles. The number of H-pyrrole nitrogens is 1. The zero-order valence-electron chi connectivity index (χ0n) is 12.2. The second-order valence-corrected chi connectivity index (χ2v) is 5.59. The van der Waals surface area contributed by atoms with Crippen molar-refractivity contribution in [3.63, 3.8) is 0 Å². The highest BCUT2D eigenvalue weighted by Crippen LogP contribution is 2.37. The lowest BCUT2D eigenvalue weighted by molar-refractivity contribution is 0.273. The second-order valence-electron chi connectivity index (χ2n) is 5.59. The van der Waals surface area contributed by atoms with Crippen LogP contribution in [0.4, 0.5) is 0 Å². The molecule has 3 heterocycles. The van der Waals surface area contributed by atoms with Gasteiger partial charge < -0.3 is 15.0 Å². The van der Waals surface area contributed by atoms with Crippen LogP contribution >= 0.6 is 0 Å². The van der Waals surface area contributed by atoms with Crippen molar-refractivity contribution in [2.75, 3.05) is 20.2 Å². The number of nitrogens with zero attached hydrogens (tertiary/aromatic N) is 2. The lowest BCUT2D eigenvalue weighted by Gasteiger charge is -2.35. The molecular weight excluding hydrogens is 252 g/mol. The molecule has 5 heteroatoms. The normalized spacial score (nSPS) is 18.3. The number of ether oxygens (including phenoxy) is 1. The number of piperidine rings is 1. The average Bonchev–Trinajstić information content (AvgIpc) is 2.92. The van der Waals surface area contributed by atoms with E-state index >= 15 is 0 Å². The van der Waals surface area contributed by atoms with Crippen molar-refractivity contribution in [1.82, 2.24) is 20.3 Å². The Morgan fingerprint density at radius 2 is 2.05 bits per heavy atom. The molecule has 5 nitrogen and oxygen atoms in total. The summed E-state index contributed by atoms with van der Waals surface area (Å²) in [6.07, 6.45) is 4.62. The monoisotopic (exact) mass is 274 g/mol. The van der Waals surface area contributed by atoms with Crippen molar-refractivity contribution >= 4 is 11.2 Å². The zero-order valence-corrected chi connectivity index (χ0v) is 12.2. The minimum absolute atomic E-state index is 0.175. The first-order valence-corrected chi connectivity index (χ1v) is 7.39. The van der Waals surface area contributed by atoms with Crippen molar-refractivity contribution in [2.24, 2.45) is 0 Å². The van der Waals surface area contributed by atoms with Gasteiger partial charge in [0.1, 0.15) is 5.82 Å². The van der Waals surface area contributed by atoms with Gasteiger partial charge in [0.15, 0.2) is 5.65 Å². The molecule has 3 rings (SSSR count). The molecule has 0 spiro atoms. The minimum atomic E-state index is 0.175. The van der Waals surface area contributed by atoms with Gasteiger partial charge in [0.05, 0.1) is 12.6 Å². The molecule has 0 amide bonds. The van der Waals surface area contributed by atoms with Crippen LogP contribution in [0.5, 0.6) is 5.88 Å². The minimum Gasteiger partial charge on any atom is -0.481 e. The molecule has 1 saturated heterocycles. The summed E-state index contributed by atoms with van der Waals surface area (Å²) in [6.45, 7) is 4.37. The van der Waals surface area contributed by atoms with Crippen molar-refractivity contribution in [2.45, 2.75) is 38.0 Å². The van der Waals surface area contributed by atoms with Crippen LogP contribution in [0.3, 0.4) is 0 Å². The van der Waals surface area contributed by atoms with E-state index < -0.39 is 0 Å². The number of aromatic amines is 1. The SMILES string of the molecule is CCCC1(c2nc3nc(OC)ccc3[nH]2)CCNCC1. The number of methoxy groups -OCH3 is 1. The van der Waals surface area contributed by atoms with E-state index in [1.54, 1.807) is 7.11 Å². The molecule has 0 aromatic carbocycles. The van der Waals surface area contributed by atoms with Gasteiger partial charge in [0.2, 0.25) is 5.88 Å². The maximum absolute atomic E-state index is 5.17. The first-order chi connectivity index (χ1) is 9.77.